The van der Waals surface area contributed by atoms with Gasteiger partial charge in [-0.15, -0.1) is 0 Å². The van der Waals surface area contributed by atoms with E-state index in [0.29, 0.717) is 29.9 Å². The molecule has 0 unspecified atom stereocenters. The van der Waals surface area contributed by atoms with Gasteiger partial charge in [0.25, 0.3) is 0 Å². The van der Waals surface area contributed by atoms with Crippen molar-refractivity contribution in [3.8, 4) is 6.07 Å². The largest absolute Gasteiger partial charge is 0.379 e. The van der Waals surface area contributed by atoms with Crippen LogP contribution in [0, 0.1) is 17.1 Å². The molecule has 8 heteroatoms. The Hall–Kier alpha value is -2.63. The molecular formula is C21H25FN4O2S. The first-order valence-corrected chi connectivity index (χ1v) is 11.0. The highest BCUT2D eigenvalue weighted by molar-refractivity contribution is 7.89. The summed E-state index contributed by atoms with van der Waals surface area (Å²) in [6.45, 7) is 1.20. The fourth-order valence-electron chi connectivity index (χ4n) is 3.43. The molecule has 6 nitrogen and oxygen atoms in total. The molecule has 0 aliphatic carbocycles. The first-order chi connectivity index (χ1) is 13.8. The fourth-order valence-corrected chi connectivity index (χ4v) is 4.98. The van der Waals surface area contributed by atoms with E-state index in [9.17, 15) is 12.8 Å². The molecule has 0 spiro atoms. The van der Waals surface area contributed by atoms with Crippen LogP contribution in [0.15, 0.2) is 41.3 Å². The number of nitriles is 1. The van der Waals surface area contributed by atoms with Gasteiger partial charge in [0.05, 0.1) is 27.9 Å². The van der Waals surface area contributed by atoms with Crippen molar-refractivity contribution in [1.82, 2.24) is 4.31 Å². The number of anilines is 2. The number of rotatable bonds is 6. The van der Waals surface area contributed by atoms with Gasteiger partial charge in [0.2, 0.25) is 10.0 Å². The summed E-state index contributed by atoms with van der Waals surface area (Å²) in [5.74, 6) is -0.417. The van der Waals surface area contributed by atoms with Crippen molar-refractivity contribution in [2.24, 2.45) is 0 Å². The second kappa shape index (κ2) is 8.80. The molecular weight excluding hydrogens is 391 g/mol. The lowest BCUT2D eigenvalue weighted by molar-refractivity contribution is 0.346. The topological polar surface area (TPSA) is 76.4 Å². The van der Waals surface area contributed by atoms with Crippen molar-refractivity contribution in [2.75, 3.05) is 37.4 Å². The SMILES string of the molecule is CN(C)c1ccc(S(=O)(=O)N2CCCCC2)cc1NCc1cc(C#N)ccc1F. The maximum Gasteiger partial charge on any atom is 0.243 e. The third kappa shape index (κ3) is 4.69. The van der Waals surface area contributed by atoms with E-state index in [1.807, 2.05) is 25.1 Å². The van der Waals surface area contributed by atoms with Crippen molar-refractivity contribution < 1.29 is 12.8 Å². The molecule has 0 aromatic heterocycles. The molecule has 3 rings (SSSR count). The van der Waals surface area contributed by atoms with E-state index >= 15 is 0 Å². The highest BCUT2D eigenvalue weighted by atomic mass is 32.2. The molecule has 154 valence electrons. The van der Waals surface area contributed by atoms with E-state index in [0.717, 1.165) is 24.9 Å². The van der Waals surface area contributed by atoms with Crippen molar-refractivity contribution in [1.29, 1.82) is 5.26 Å². The van der Waals surface area contributed by atoms with E-state index in [2.05, 4.69) is 5.32 Å². The van der Waals surface area contributed by atoms with Gasteiger partial charge in [0.1, 0.15) is 5.82 Å². The zero-order valence-electron chi connectivity index (χ0n) is 16.7. The number of benzene rings is 2. The minimum Gasteiger partial charge on any atom is -0.379 e. The summed E-state index contributed by atoms with van der Waals surface area (Å²) in [5, 5.41) is 12.2. The van der Waals surface area contributed by atoms with Gasteiger partial charge in [-0.25, -0.2) is 12.8 Å². The van der Waals surface area contributed by atoms with Crippen molar-refractivity contribution in [3.63, 3.8) is 0 Å². The number of nitrogens with one attached hydrogen (secondary N) is 1. The minimum absolute atomic E-state index is 0.134. The molecule has 2 aromatic rings. The quantitative estimate of drug-likeness (QED) is 0.779. The Morgan fingerprint density at radius 2 is 1.86 bits per heavy atom. The van der Waals surface area contributed by atoms with Gasteiger partial charge in [0, 0.05) is 39.3 Å². The Labute approximate surface area is 171 Å². The molecule has 0 amide bonds. The highest BCUT2D eigenvalue weighted by Crippen LogP contribution is 2.30. The molecule has 0 saturated carbocycles. The van der Waals surface area contributed by atoms with Gasteiger partial charge in [0.15, 0.2) is 0 Å². The van der Waals surface area contributed by atoms with Crippen molar-refractivity contribution >= 4 is 21.4 Å². The van der Waals surface area contributed by atoms with Crippen LogP contribution >= 0.6 is 0 Å². The molecule has 0 bridgehead atoms. The maximum absolute atomic E-state index is 14.1. The highest BCUT2D eigenvalue weighted by Gasteiger charge is 2.26. The molecule has 1 heterocycles. The number of nitrogens with zero attached hydrogens (tertiary/aromatic N) is 3. The van der Waals surface area contributed by atoms with Crippen molar-refractivity contribution in [2.45, 2.75) is 30.7 Å². The number of hydrogen-bond donors (Lipinski definition) is 1. The number of halogens is 1. The second-order valence-corrected chi connectivity index (χ2v) is 9.25. The molecule has 1 aliphatic rings. The summed E-state index contributed by atoms with van der Waals surface area (Å²) < 4.78 is 41.7. The van der Waals surface area contributed by atoms with Crippen LogP contribution in [0.2, 0.25) is 0 Å². The number of piperidine rings is 1. The fraction of sp³-hybridized carbons (Fsp3) is 0.381. The van der Waals surface area contributed by atoms with Gasteiger partial charge in [-0.2, -0.15) is 9.57 Å². The molecule has 2 aromatic carbocycles. The van der Waals surface area contributed by atoms with Crippen LogP contribution in [-0.2, 0) is 16.6 Å². The molecule has 1 saturated heterocycles. The van der Waals surface area contributed by atoms with Crippen LogP contribution in [0.25, 0.3) is 0 Å². The summed E-state index contributed by atoms with van der Waals surface area (Å²) in [6.07, 6.45) is 2.79. The van der Waals surface area contributed by atoms with Crippen LogP contribution in [0.5, 0.6) is 0 Å². The Bertz CT molecular complexity index is 1030. The van der Waals surface area contributed by atoms with Crippen LogP contribution in [0.3, 0.4) is 0 Å². The second-order valence-electron chi connectivity index (χ2n) is 7.31. The van der Waals surface area contributed by atoms with E-state index in [1.165, 1.54) is 22.5 Å². The molecule has 0 atom stereocenters. The summed E-state index contributed by atoms with van der Waals surface area (Å²) in [6, 6.07) is 11.1. The molecule has 1 fully saturated rings. The summed E-state index contributed by atoms with van der Waals surface area (Å²) in [5.41, 5.74) is 2.10. The first-order valence-electron chi connectivity index (χ1n) is 9.57. The summed E-state index contributed by atoms with van der Waals surface area (Å²) >= 11 is 0. The zero-order valence-corrected chi connectivity index (χ0v) is 17.5. The van der Waals surface area contributed by atoms with Crippen LogP contribution in [0.4, 0.5) is 15.8 Å². The van der Waals surface area contributed by atoms with Crippen molar-refractivity contribution in [3.05, 3.63) is 53.3 Å². The van der Waals surface area contributed by atoms with E-state index in [-0.39, 0.29) is 11.4 Å². The minimum atomic E-state index is -3.57. The third-order valence-electron chi connectivity index (χ3n) is 5.05. The van der Waals surface area contributed by atoms with Gasteiger partial charge in [-0.1, -0.05) is 6.42 Å². The first kappa shape index (κ1) is 21.1. The predicted octanol–water partition coefficient (Wildman–Crippen LogP) is 3.55. The van der Waals surface area contributed by atoms with Gasteiger partial charge >= 0.3 is 0 Å². The lowest BCUT2D eigenvalue weighted by atomic mass is 10.1. The molecule has 0 radical (unpaired) electrons. The van der Waals surface area contributed by atoms with Crippen LogP contribution in [-0.4, -0.2) is 39.9 Å². The Balaban J connectivity index is 1.91. The molecule has 1 aliphatic heterocycles. The normalized spacial score (nSPS) is 15.0. The standard InChI is InChI=1S/C21H25FN4O2S/c1-25(2)21-9-7-18(29(27,28)26-10-4-3-5-11-26)13-20(21)24-15-17-12-16(14-23)6-8-19(17)22/h6-9,12-13,24H,3-5,10-11,15H2,1-2H3. The predicted molar refractivity (Wildman–Crippen MR) is 112 cm³/mol. The summed E-state index contributed by atoms with van der Waals surface area (Å²) in [7, 11) is 0.144. The van der Waals surface area contributed by atoms with Gasteiger partial charge in [-0.3, -0.25) is 0 Å². The smallest absolute Gasteiger partial charge is 0.243 e. The van der Waals surface area contributed by atoms with Gasteiger partial charge < -0.3 is 10.2 Å². The molecule has 1 N–H and O–H groups in total. The third-order valence-corrected chi connectivity index (χ3v) is 6.94. The average Bonchev–Trinajstić information content (AvgIpc) is 2.73. The van der Waals surface area contributed by atoms with Crippen LogP contribution in [0.1, 0.15) is 30.4 Å². The van der Waals surface area contributed by atoms with E-state index in [1.54, 1.807) is 18.2 Å². The average molecular weight is 417 g/mol. The van der Waals surface area contributed by atoms with E-state index in [4.69, 9.17) is 5.26 Å². The Morgan fingerprint density at radius 1 is 1.14 bits per heavy atom. The Kier molecular flexibility index (Phi) is 6.40. The summed E-state index contributed by atoms with van der Waals surface area (Å²) in [4.78, 5) is 2.08. The number of hydrogen-bond acceptors (Lipinski definition) is 5. The van der Waals surface area contributed by atoms with E-state index < -0.39 is 15.8 Å². The van der Waals surface area contributed by atoms with Crippen LogP contribution < -0.4 is 10.2 Å². The monoisotopic (exact) mass is 416 g/mol. The van der Waals surface area contributed by atoms with Gasteiger partial charge in [-0.05, 0) is 49.2 Å². The molecule has 29 heavy (non-hydrogen) atoms. The lowest BCUT2D eigenvalue weighted by Gasteiger charge is -2.27. The zero-order chi connectivity index (χ0) is 21.0. The number of sulfonamides is 1. The lowest BCUT2D eigenvalue weighted by Crippen LogP contribution is -2.35. The Morgan fingerprint density at radius 3 is 2.52 bits per heavy atom. The maximum atomic E-state index is 14.1.